The van der Waals surface area contributed by atoms with Crippen molar-refractivity contribution >= 4 is 39.5 Å². The first-order valence-corrected chi connectivity index (χ1v) is 41.2. The van der Waals surface area contributed by atoms with Crippen LogP contribution in [0.25, 0.3) is 0 Å². The molecule has 0 aliphatic rings. The van der Waals surface area contributed by atoms with Crippen LogP contribution in [0.15, 0.2) is 0 Å². The third kappa shape index (κ3) is 65.4. The number of phosphoric ester groups is 2. The molecular weight excluding hydrogens is 1210 g/mol. The number of rotatable bonds is 73. The minimum atomic E-state index is -4.95. The van der Waals surface area contributed by atoms with E-state index in [-0.39, 0.29) is 25.7 Å². The van der Waals surface area contributed by atoms with Crippen molar-refractivity contribution in [2.45, 2.75) is 400 Å². The van der Waals surface area contributed by atoms with Gasteiger partial charge in [0.05, 0.1) is 26.4 Å². The average molecular weight is 1350 g/mol. The molecule has 0 radical (unpaired) electrons. The lowest BCUT2D eigenvalue weighted by atomic mass is 10.00. The third-order valence-corrected chi connectivity index (χ3v) is 19.3. The van der Waals surface area contributed by atoms with Crippen molar-refractivity contribution in [3.05, 3.63) is 0 Å². The Hall–Kier alpha value is -1.94. The number of aliphatic hydroxyl groups excluding tert-OH is 1. The van der Waals surface area contributed by atoms with Crippen molar-refractivity contribution < 1.29 is 80.2 Å². The number of aliphatic hydroxyl groups is 1. The molecule has 17 nitrogen and oxygen atoms in total. The van der Waals surface area contributed by atoms with Crippen LogP contribution in [0, 0.1) is 5.92 Å². The molecule has 0 amide bonds. The molecule has 0 saturated heterocycles. The maximum atomic E-state index is 13.0. The lowest BCUT2D eigenvalue weighted by Gasteiger charge is -2.21. The van der Waals surface area contributed by atoms with E-state index in [0.717, 1.165) is 95.8 Å². The van der Waals surface area contributed by atoms with E-state index in [4.69, 9.17) is 37.0 Å². The molecule has 3 unspecified atom stereocenters. The van der Waals surface area contributed by atoms with Crippen molar-refractivity contribution in [3.63, 3.8) is 0 Å². The molecule has 0 saturated carbocycles. The quantitative estimate of drug-likeness (QED) is 0.0222. The monoisotopic (exact) mass is 1350 g/mol. The summed E-state index contributed by atoms with van der Waals surface area (Å²) in [5.41, 5.74) is 0. The predicted octanol–water partition coefficient (Wildman–Crippen LogP) is 21.3. The number of carbonyl (C=O) groups is 4. The molecule has 0 aromatic carbocycles. The van der Waals surface area contributed by atoms with Gasteiger partial charge in [-0.25, -0.2) is 9.13 Å². The van der Waals surface area contributed by atoms with Crippen molar-refractivity contribution in [1.29, 1.82) is 0 Å². The van der Waals surface area contributed by atoms with E-state index in [9.17, 15) is 43.2 Å². The fourth-order valence-electron chi connectivity index (χ4n) is 11.1. The largest absolute Gasteiger partial charge is 0.472 e. The van der Waals surface area contributed by atoms with Crippen LogP contribution in [-0.2, 0) is 65.4 Å². The van der Waals surface area contributed by atoms with Gasteiger partial charge >= 0.3 is 39.5 Å². The van der Waals surface area contributed by atoms with Crippen LogP contribution in [0.3, 0.4) is 0 Å². The first-order valence-electron chi connectivity index (χ1n) is 38.2. The fraction of sp³-hybridized carbons (Fsp3) is 0.945. The van der Waals surface area contributed by atoms with E-state index in [0.29, 0.717) is 25.7 Å². The van der Waals surface area contributed by atoms with Crippen molar-refractivity contribution in [1.82, 2.24) is 0 Å². The Morgan fingerprint density at radius 3 is 0.772 bits per heavy atom. The van der Waals surface area contributed by atoms with Gasteiger partial charge in [0.15, 0.2) is 12.2 Å². The van der Waals surface area contributed by atoms with Gasteiger partial charge in [0.2, 0.25) is 0 Å². The second-order valence-corrected chi connectivity index (χ2v) is 29.5. The molecule has 0 aromatic rings. The number of ether oxygens (including phenoxy) is 4. The second-order valence-electron chi connectivity index (χ2n) is 26.6. The van der Waals surface area contributed by atoms with E-state index >= 15 is 0 Å². The van der Waals surface area contributed by atoms with Gasteiger partial charge in [-0.15, -0.1) is 0 Å². The number of esters is 4. The van der Waals surface area contributed by atoms with Gasteiger partial charge in [-0.2, -0.15) is 0 Å². The highest BCUT2D eigenvalue weighted by Gasteiger charge is 2.30. The topological polar surface area (TPSA) is 237 Å². The number of phosphoric acid groups is 2. The molecule has 92 heavy (non-hydrogen) atoms. The van der Waals surface area contributed by atoms with Crippen LogP contribution in [0.1, 0.15) is 381 Å². The number of hydrogen-bond donors (Lipinski definition) is 3. The summed E-state index contributed by atoms with van der Waals surface area (Å²) < 4.78 is 68.3. The van der Waals surface area contributed by atoms with Crippen molar-refractivity contribution in [2.75, 3.05) is 39.6 Å². The van der Waals surface area contributed by atoms with E-state index < -0.39 is 97.5 Å². The molecule has 3 N–H and O–H groups in total. The molecule has 0 aromatic heterocycles. The smallest absolute Gasteiger partial charge is 0.462 e. The standard InChI is InChI=1S/C73H142O17P2/c1-6-10-13-16-19-22-24-26-27-28-29-30-31-32-33-34-36-39-42-48-53-58-72(77)89-68(62-84-71(76)57-52-47-41-38-35-25-23-20-17-14-11-7-2)64-87-91(79,80)85-60-67(74)61-86-92(81,82)88-65-69(63-83-70(75)56-51-46-40-37-21-18-15-12-8-3)90-73(78)59-54-49-44-43-45-50-55-66(5)9-4/h66-69,74H,6-65H2,1-5H3,(H,79,80)(H,81,82)/t66?,67-,68-,69-/m1/s1. The Morgan fingerprint density at radius 1 is 0.304 bits per heavy atom. The van der Waals surface area contributed by atoms with Gasteiger partial charge in [0.1, 0.15) is 19.3 Å². The van der Waals surface area contributed by atoms with Crippen LogP contribution >= 0.6 is 15.6 Å². The molecule has 0 fully saturated rings. The summed E-state index contributed by atoms with van der Waals surface area (Å²) in [4.78, 5) is 72.5. The Bertz CT molecular complexity index is 1770. The second kappa shape index (κ2) is 66.3. The normalized spacial score (nSPS) is 14.3. The number of hydrogen-bond acceptors (Lipinski definition) is 15. The zero-order valence-electron chi connectivity index (χ0n) is 59.7. The van der Waals surface area contributed by atoms with Gasteiger partial charge in [-0.3, -0.25) is 37.3 Å². The summed E-state index contributed by atoms with van der Waals surface area (Å²) in [5.74, 6) is -1.40. The molecule has 0 heterocycles. The van der Waals surface area contributed by atoms with E-state index in [1.54, 1.807) is 0 Å². The highest BCUT2D eigenvalue weighted by Crippen LogP contribution is 2.45. The highest BCUT2D eigenvalue weighted by atomic mass is 31.2. The van der Waals surface area contributed by atoms with E-state index in [1.807, 2.05) is 0 Å². The Kier molecular flexibility index (Phi) is 64.9. The maximum absolute atomic E-state index is 13.0. The van der Waals surface area contributed by atoms with Gasteiger partial charge in [-0.05, 0) is 31.6 Å². The number of carbonyl (C=O) groups excluding carboxylic acids is 4. The Balaban J connectivity index is 5.16. The predicted molar refractivity (Wildman–Crippen MR) is 372 cm³/mol. The Labute approximate surface area is 562 Å². The minimum Gasteiger partial charge on any atom is -0.462 e. The van der Waals surface area contributed by atoms with Gasteiger partial charge in [-0.1, -0.05) is 330 Å². The van der Waals surface area contributed by atoms with E-state index in [2.05, 4.69) is 34.6 Å². The molecule has 0 spiro atoms. The van der Waals surface area contributed by atoms with Gasteiger partial charge in [0.25, 0.3) is 0 Å². The molecule has 0 aliphatic heterocycles. The van der Waals surface area contributed by atoms with Crippen LogP contribution in [0.2, 0.25) is 0 Å². The highest BCUT2D eigenvalue weighted by molar-refractivity contribution is 7.47. The molecule has 0 aliphatic carbocycles. The third-order valence-electron chi connectivity index (χ3n) is 17.4. The molecular formula is C73H142O17P2. The summed E-state index contributed by atoms with van der Waals surface area (Å²) in [6.07, 6.45) is 54.3. The molecule has 19 heteroatoms. The Morgan fingerprint density at radius 2 is 0.522 bits per heavy atom. The first kappa shape index (κ1) is 90.1. The fourth-order valence-corrected chi connectivity index (χ4v) is 12.7. The van der Waals surface area contributed by atoms with Crippen molar-refractivity contribution in [2.24, 2.45) is 5.92 Å². The SMILES string of the molecule is CCCCCCCCCCCCCCCCCCCCCCCC(=O)O[C@H](COC(=O)CCCCCCCCCCCCCC)COP(=O)(O)OC[C@@H](O)COP(=O)(O)OC[C@@H](COC(=O)CCCCCCCCCCC)OC(=O)CCCCCCCCC(C)CC. The van der Waals surface area contributed by atoms with Gasteiger partial charge < -0.3 is 33.8 Å². The zero-order valence-corrected chi connectivity index (χ0v) is 61.5. The maximum Gasteiger partial charge on any atom is 0.472 e. The molecule has 6 atom stereocenters. The molecule has 0 bridgehead atoms. The van der Waals surface area contributed by atoms with Crippen LogP contribution < -0.4 is 0 Å². The average Bonchev–Trinajstić information content (AvgIpc) is 3.51. The minimum absolute atomic E-state index is 0.103. The number of unbranched alkanes of at least 4 members (excludes halogenated alkanes) is 44. The lowest BCUT2D eigenvalue weighted by Crippen LogP contribution is -2.30. The lowest BCUT2D eigenvalue weighted by molar-refractivity contribution is -0.161. The molecule has 546 valence electrons. The summed E-state index contributed by atoms with van der Waals surface area (Å²) in [6, 6.07) is 0. The summed E-state index contributed by atoms with van der Waals surface area (Å²) in [6.45, 7) is 7.20. The first-order chi connectivity index (χ1) is 44.6. The molecule has 0 rings (SSSR count). The summed E-state index contributed by atoms with van der Waals surface area (Å²) in [5, 5.41) is 10.6. The summed E-state index contributed by atoms with van der Waals surface area (Å²) in [7, 11) is -9.90. The van der Waals surface area contributed by atoms with Crippen LogP contribution in [0.4, 0.5) is 0 Å². The summed E-state index contributed by atoms with van der Waals surface area (Å²) >= 11 is 0. The van der Waals surface area contributed by atoms with Crippen molar-refractivity contribution in [3.8, 4) is 0 Å². The zero-order chi connectivity index (χ0) is 67.7. The van der Waals surface area contributed by atoms with Crippen LogP contribution in [0.5, 0.6) is 0 Å². The van der Waals surface area contributed by atoms with Crippen LogP contribution in [-0.4, -0.2) is 96.7 Å². The van der Waals surface area contributed by atoms with E-state index in [1.165, 1.54) is 205 Å². The van der Waals surface area contributed by atoms with Gasteiger partial charge in [0, 0.05) is 25.7 Å².